The van der Waals surface area contributed by atoms with E-state index in [-0.39, 0.29) is 23.1 Å². The number of nitrogens with zero attached hydrogens (tertiary/aromatic N) is 2. The van der Waals surface area contributed by atoms with E-state index in [1.807, 2.05) is 0 Å². The maximum Gasteiger partial charge on any atom is 0.266 e. The van der Waals surface area contributed by atoms with E-state index >= 15 is 0 Å². The molecule has 0 aromatic heterocycles. The first-order valence-corrected chi connectivity index (χ1v) is 9.71. The summed E-state index contributed by atoms with van der Waals surface area (Å²) in [6, 6.07) is 16.5. The largest absolute Gasteiger partial charge is 0.399 e. The van der Waals surface area contributed by atoms with Gasteiger partial charge in [-0.05, 0) is 66.2 Å². The van der Waals surface area contributed by atoms with Crippen LogP contribution in [0, 0.1) is 0 Å². The Hall–Kier alpha value is -4.17. The van der Waals surface area contributed by atoms with E-state index < -0.39 is 18.0 Å². The van der Waals surface area contributed by atoms with Gasteiger partial charge in [0.1, 0.15) is 6.10 Å². The normalized spacial score (nSPS) is 21.1. The van der Waals surface area contributed by atoms with E-state index in [1.165, 1.54) is 6.07 Å². The van der Waals surface area contributed by atoms with Crippen LogP contribution in [0.4, 0.5) is 22.7 Å². The number of carbonyl (C=O) groups is 3. The summed E-state index contributed by atoms with van der Waals surface area (Å²) in [7, 11) is 0. The Balaban J connectivity index is 1.43. The molecule has 3 aromatic rings. The highest BCUT2D eigenvalue weighted by Crippen LogP contribution is 2.50. The number of amides is 3. The van der Waals surface area contributed by atoms with Gasteiger partial charge in [0.15, 0.2) is 6.23 Å². The van der Waals surface area contributed by atoms with Crippen molar-refractivity contribution < 1.29 is 19.1 Å². The second-order valence-corrected chi connectivity index (χ2v) is 7.74. The molecule has 3 aliphatic rings. The molecular formula is C23H16N4O4. The molecular weight excluding hydrogens is 396 g/mol. The zero-order valence-electron chi connectivity index (χ0n) is 16.1. The molecule has 3 heterocycles. The highest BCUT2D eigenvalue weighted by atomic mass is 16.6. The van der Waals surface area contributed by atoms with Crippen molar-refractivity contribution in [2.24, 2.45) is 0 Å². The lowest BCUT2D eigenvalue weighted by Gasteiger charge is -2.26. The monoisotopic (exact) mass is 412 g/mol. The molecule has 4 N–H and O–H groups in total. The number of epoxide rings is 1. The number of carbonyl (C=O) groups excluding carboxylic acids is 3. The van der Waals surface area contributed by atoms with Gasteiger partial charge in [0.05, 0.1) is 16.8 Å². The second-order valence-electron chi connectivity index (χ2n) is 7.74. The number of ether oxygens (including phenoxy) is 1. The van der Waals surface area contributed by atoms with Crippen LogP contribution in [-0.2, 0) is 4.74 Å². The fourth-order valence-corrected chi connectivity index (χ4v) is 4.25. The maximum absolute atomic E-state index is 13.3. The van der Waals surface area contributed by atoms with Crippen molar-refractivity contribution in [2.45, 2.75) is 12.3 Å². The minimum atomic E-state index is -0.474. The van der Waals surface area contributed by atoms with Gasteiger partial charge in [-0.1, -0.05) is 0 Å². The number of rotatable bonds is 2. The predicted molar refractivity (Wildman–Crippen MR) is 114 cm³/mol. The molecule has 0 bridgehead atoms. The first kappa shape index (κ1) is 17.7. The molecule has 1 saturated heterocycles. The van der Waals surface area contributed by atoms with E-state index in [2.05, 4.69) is 0 Å². The lowest BCUT2D eigenvalue weighted by molar-refractivity contribution is 0.0924. The van der Waals surface area contributed by atoms with Crippen LogP contribution >= 0.6 is 0 Å². The van der Waals surface area contributed by atoms with E-state index in [9.17, 15) is 14.4 Å². The summed E-state index contributed by atoms with van der Waals surface area (Å²) in [5.41, 5.74) is 15.1. The highest BCUT2D eigenvalue weighted by Gasteiger charge is 2.54. The summed E-state index contributed by atoms with van der Waals surface area (Å²) in [5, 5.41) is 0. The zero-order valence-corrected chi connectivity index (χ0v) is 16.1. The Morgan fingerprint density at radius 1 is 0.677 bits per heavy atom. The van der Waals surface area contributed by atoms with Gasteiger partial charge in [-0.3, -0.25) is 19.3 Å². The van der Waals surface area contributed by atoms with Gasteiger partial charge in [-0.25, -0.2) is 4.90 Å². The molecule has 1 fully saturated rings. The summed E-state index contributed by atoms with van der Waals surface area (Å²) >= 11 is 0. The van der Waals surface area contributed by atoms with Crippen LogP contribution in [0.15, 0.2) is 60.7 Å². The molecule has 31 heavy (non-hydrogen) atoms. The average molecular weight is 412 g/mol. The van der Waals surface area contributed by atoms with Gasteiger partial charge in [0.25, 0.3) is 17.7 Å². The first-order chi connectivity index (χ1) is 14.9. The molecule has 0 saturated carbocycles. The molecule has 3 aliphatic heterocycles. The summed E-state index contributed by atoms with van der Waals surface area (Å²) < 4.78 is 5.77. The number of hydrogen-bond donors (Lipinski definition) is 2. The predicted octanol–water partition coefficient (Wildman–Crippen LogP) is 2.71. The fourth-order valence-electron chi connectivity index (χ4n) is 4.25. The summed E-state index contributed by atoms with van der Waals surface area (Å²) in [6.45, 7) is 0. The van der Waals surface area contributed by atoms with Crippen molar-refractivity contribution in [3.8, 4) is 0 Å². The number of fused-ring (bicyclic) bond motifs is 4. The van der Waals surface area contributed by atoms with Gasteiger partial charge < -0.3 is 16.2 Å². The van der Waals surface area contributed by atoms with Gasteiger partial charge in [0.2, 0.25) is 0 Å². The van der Waals surface area contributed by atoms with Crippen molar-refractivity contribution in [3.05, 3.63) is 82.9 Å². The maximum atomic E-state index is 13.3. The lowest BCUT2D eigenvalue weighted by Crippen LogP contribution is -2.37. The van der Waals surface area contributed by atoms with Gasteiger partial charge >= 0.3 is 0 Å². The summed E-state index contributed by atoms with van der Waals surface area (Å²) in [6.07, 6.45) is -0.786. The average Bonchev–Trinajstić information content (AvgIpc) is 3.52. The minimum absolute atomic E-state index is 0.199. The second kappa shape index (κ2) is 5.93. The Morgan fingerprint density at radius 2 is 1.23 bits per heavy atom. The van der Waals surface area contributed by atoms with Crippen molar-refractivity contribution in [1.29, 1.82) is 0 Å². The Bertz CT molecular complexity index is 1300. The van der Waals surface area contributed by atoms with Crippen LogP contribution in [-0.4, -0.2) is 23.9 Å². The summed E-state index contributed by atoms with van der Waals surface area (Å²) in [5.74, 6) is -1.19. The molecule has 6 rings (SSSR count). The number of hydrogen-bond acceptors (Lipinski definition) is 6. The molecule has 0 aliphatic carbocycles. The first-order valence-electron chi connectivity index (χ1n) is 9.71. The van der Waals surface area contributed by atoms with Crippen molar-refractivity contribution >= 4 is 40.5 Å². The fraction of sp³-hybridized carbons (Fsp3) is 0.0870. The van der Waals surface area contributed by atoms with Crippen molar-refractivity contribution in [1.82, 2.24) is 0 Å². The third-order valence-corrected chi connectivity index (χ3v) is 5.86. The van der Waals surface area contributed by atoms with Crippen LogP contribution in [0.1, 0.15) is 42.7 Å². The van der Waals surface area contributed by atoms with Gasteiger partial charge in [-0.2, -0.15) is 0 Å². The molecule has 2 unspecified atom stereocenters. The topological polar surface area (TPSA) is 122 Å². The number of nitrogens with two attached hydrogens (primary N) is 2. The Morgan fingerprint density at radius 3 is 1.84 bits per heavy atom. The molecule has 8 heteroatoms. The molecule has 0 radical (unpaired) electrons. The summed E-state index contributed by atoms with van der Waals surface area (Å²) in [4.78, 5) is 42.1. The van der Waals surface area contributed by atoms with Crippen LogP contribution < -0.4 is 21.3 Å². The third-order valence-electron chi connectivity index (χ3n) is 5.86. The zero-order chi connectivity index (χ0) is 21.4. The van der Waals surface area contributed by atoms with Crippen LogP contribution in [0.5, 0.6) is 0 Å². The van der Waals surface area contributed by atoms with Gasteiger partial charge in [0, 0.05) is 22.6 Å². The number of imide groups is 1. The molecule has 152 valence electrons. The SMILES string of the molecule is Nc1ccc(N2C(=O)c3cc4c(cc3C2=O)C2OC2N(c2ccc(N)cc2)C4=O)cc1. The standard InChI is InChI=1S/C23H16N4O4/c24-11-1-5-13(6-2-11)26-20(28)17-9-15-16(10-18(17)21(26)29)22(30)27(23-19(15)31-23)14-7-3-12(25)4-8-14/h1-10,19,23H,24-25H2. The van der Waals surface area contributed by atoms with Crippen LogP contribution in [0.3, 0.4) is 0 Å². The van der Waals surface area contributed by atoms with Crippen molar-refractivity contribution in [3.63, 3.8) is 0 Å². The quantitative estimate of drug-likeness (QED) is 0.379. The van der Waals surface area contributed by atoms with Crippen molar-refractivity contribution in [2.75, 3.05) is 21.3 Å². The number of anilines is 4. The molecule has 8 nitrogen and oxygen atoms in total. The third kappa shape index (κ3) is 2.42. The highest BCUT2D eigenvalue weighted by molar-refractivity contribution is 6.35. The molecule has 3 amide bonds. The van der Waals surface area contributed by atoms with E-state index in [0.29, 0.717) is 33.9 Å². The smallest absolute Gasteiger partial charge is 0.266 e. The molecule has 0 spiro atoms. The van der Waals surface area contributed by atoms with Crippen LogP contribution in [0.2, 0.25) is 0 Å². The van der Waals surface area contributed by atoms with E-state index in [1.54, 1.807) is 59.5 Å². The Kier molecular flexibility index (Phi) is 3.38. The number of benzene rings is 3. The number of nitrogen functional groups attached to an aromatic ring is 2. The van der Waals surface area contributed by atoms with Crippen LogP contribution in [0.25, 0.3) is 0 Å². The molecule has 2 atom stereocenters. The lowest BCUT2D eigenvalue weighted by atomic mass is 9.93. The Labute approximate surface area is 176 Å². The van der Waals surface area contributed by atoms with E-state index in [4.69, 9.17) is 16.2 Å². The van der Waals surface area contributed by atoms with Gasteiger partial charge in [-0.15, -0.1) is 0 Å². The van der Waals surface area contributed by atoms with E-state index in [0.717, 1.165) is 4.90 Å². The molecule has 3 aromatic carbocycles. The minimum Gasteiger partial charge on any atom is -0.399 e.